The quantitative estimate of drug-likeness (QED) is 0.256. The number of para-hydroxylation sites is 3. The molecule has 2 heterocycles. The molecule has 0 bridgehead atoms. The lowest BCUT2D eigenvalue weighted by Gasteiger charge is -2.18. The zero-order valence-electron chi connectivity index (χ0n) is 20.8. The lowest BCUT2D eigenvalue weighted by molar-refractivity contribution is 1.16. The summed E-state index contributed by atoms with van der Waals surface area (Å²) in [6, 6.07) is 40.7. The van der Waals surface area contributed by atoms with Gasteiger partial charge in [-0.25, -0.2) is 9.97 Å². The first-order valence-corrected chi connectivity index (χ1v) is 12.6. The molecule has 0 saturated heterocycles. The molecule has 5 aromatic carbocycles. The van der Waals surface area contributed by atoms with E-state index >= 15 is 0 Å². The lowest BCUT2D eigenvalue weighted by Crippen LogP contribution is -2.01. The van der Waals surface area contributed by atoms with Gasteiger partial charge in [-0.1, -0.05) is 102 Å². The van der Waals surface area contributed by atoms with Crippen molar-refractivity contribution in [2.24, 2.45) is 0 Å². The van der Waals surface area contributed by atoms with Gasteiger partial charge in [0.15, 0.2) is 0 Å². The van der Waals surface area contributed by atoms with Crippen molar-refractivity contribution in [3.8, 4) is 33.6 Å². The van der Waals surface area contributed by atoms with Gasteiger partial charge in [0.25, 0.3) is 0 Å². The summed E-state index contributed by atoms with van der Waals surface area (Å²) < 4.78 is 2.24. The topological polar surface area (TPSA) is 30.2 Å². The molecular formula is C34H25N3. The number of hydrogen-bond donors (Lipinski definition) is 0. The highest BCUT2D eigenvalue weighted by Crippen LogP contribution is 2.41. The van der Waals surface area contributed by atoms with Crippen molar-refractivity contribution in [2.75, 3.05) is 0 Å². The van der Waals surface area contributed by atoms with E-state index in [2.05, 4.69) is 121 Å². The third kappa shape index (κ3) is 3.51. The monoisotopic (exact) mass is 475 g/mol. The Hall–Kier alpha value is -4.76. The second-order valence-electron chi connectivity index (χ2n) is 9.67. The molecule has 7 aromatic rings. The van der Waals surface area contributed by atoms with Crippen molar-refractivity contribution >= 4 is 27.6 Å². The number of imidazole rings is 1. The summed E-state index contributed by atoms with van der Waals surface area (Å²) in [5.41, 5.74) is 12.1. The Morgan fingerprint density at radius 3 is 1.73 bits per heavy atom. The number of rotatable bonds is 3. The zero-order valence-corrected chi connectivity index (χ0v) is 20.8. The fraction of sp³-hybridized carbons (Fsp3) is 0.0588. The molecule has 0 spiro atoms. The summed E-state index contributed by atoms with van der Waals surface area (Å²) in [4.78, 5) is 10.4. The Kier molecular flexibility index (Phi) is 4.90. The van der Waals surface area contributed by atoms with Crippen LogP contribution in [0.1, 0.15) is 11.1 Å². The van der Waals surface area contributed by atoms with Crippen LogP contribution in [0.4, 0.5) is 0 Å². The molecule has 37 heavy (non-hydrogen) atoms. The van der Waals surface area contributed by atoms with Gasteiger partial charge in [0.1, 0.15) is 11.5 Å². The molecule has 0 amide bonds. The minimum atomic E-state index is 0.897. The highest BCUT2D eigenvalue weighted by Gasteiger charge is 2.21. The lowest BCUT2D eigenvalue weighted by atomic mass is 9.90. The normalized spacial score (nSPS) is 11.5. The second-order valence-corrected chi connectivity index (χ2v) is 9.67. The first-order valence-electron chi connectivity index (χ1n) is 12.6. The average Bonchev–Trinajstić information content (AvgIpc) is 3.33. The van der Waals surface area contributed by atoms with E-state index in [9.17, 15) is 0 Å². The van der Waals surface area contributed by atoms with E-state index in [4.69, 9.17) is 9.97 Å². The van der Waals surface area contributed by atoms with Crippen LogP contribution in [0.25, 0.3) is 61.2 Å². The largest absolute Gasteiger partial charge is 0.276 e. The smallest absolute Gasteiger partial charge is 0.149 e. The maximum atomic E-state index is 5.33. The predicted molar refractivity (Wildman–Crippen MR) is 154 cm³/mol. The fourth-order valence-corrected chi connectivity index (χ4v) is 5.25. The highest BCUT2D eigenvalue weighted by molar-refractivity contribution is 6.01. The van der Waals surface area contributed by atoms with Crippen LogP contribution in [0.5, 0.6) is 0 Å². The van der Waals surface area contributed by atoms with Crippen LogP contribution in [-0.2, 0) is 0 Å². The summed E-state index contributed by atoms with van der Waals surface area (Å²) >= 11 is 0. The second kappa shape index (κ2) is 8.42. The summed E-state index contributed by atoms with van der Waals surface area (Å²) in [5.74, 6) is 0.897. The van der Waals surface area contributed by atoms with Crippen LogP contribution >= 0.6 is 0 Å². The first-order chi connectivity index (χ1) is 18.2. The van der Waals surface area contributed by atoms with E-state index < -0.39 is 0 Å². The predicted octanol–water partition coefficient (Wildman–Crippen LogP) is 8.65. The van der Waals surface area contributed by atoms with Gasteiger partial charge < -0.3 is 0 Å². The van der Waals surface area contributed by atoms with E-state index in [1.165, 1.54) is 22.3 Å². The minimum Gasteiger partial charge on any atom is -0.276 e. The molecule has 3 heteroatoms. The molecule has 0 aliphatic carbocycles. The van der Waals surface area contributed by atoms with Gasteiger partial charge in [0.2, 0.25) is 0 Å². The Labute approximate surface area is 215 Å². The maximum Gasteiger partial charge on any atom is 0.149 e. The number of benzene rings is 5. The summed E-state index contributed by atoms with van der Waals surface area (Å²) in [7, 11) is 0. The van der Waals surface area contributed by atoms with Gasteiger partial charge in [-0.05, 0) is 60.4 Å². The number of fused-ring (bicyclic) bond motifs is 5. The molecule has 7 rings (SSSR count). The molecular weight excluding hydrogens is 450 g/mol. The Morgan fingerprint density at radius 1 is 0.514 bits per heavy atom. The minimum absolute atomic E-state index is 0.897. The molecule has 0 N–H and O–H groups in total. The van der Waals surface area contributed by atoms with Crippen molar-refractivity contribution in [1.82, 2.24) is 14.4 Å². The Morgan fingerprint density at radius 2 is 1.08 bits per heavy atom. The van der Waals surface area contributed by atoms with Crippen LogP contribution in [0.3, 0.4) is 0 Å². The van der Waals surface area contributed by atoms with Crippen LogP contribution in [0, 0.1) is 13.8 Å². The molecule has 0 fully saturated rings. The molecule has 2 aromatic heterocycles. The molecule has 176 valence electrons. The molecule has 0 aliphatic rings. The third-order valence-electron chi connectivity index (χ3n) is 7.16. The molecule has 0 atom stereocenters. The van der Waals surface area contributed by atoms with Crippen molar-refractivity contribution in [3.05, 3.63) is 126 Å². The summed E-state index contributed by atoms with van der Waals surface area (Å²) in [6.45, 7) is 4.25. The highest BCUT2D eigenvalue weighted by atomic mass is 15.1. The zero-order chi connectivity index (χ0) is 24.9. The van der Waals surface area contributed by atoms with Gasteiger partial charge in [-0.3, -0.25) is 4.40 Å². The van der Waals surface area contributed by atoms with Crippen LogP contribution in [-0.4, -0.2) is 14.4 Å². The van der Waals surface area contributed by atoms with Gasteiger partial charge in [0, 0.05) is 10.9 Å². The molecule has 0 aliphatic heterocycles. The van der Waals surface area contributed by atoms with E-state index in [0.717, 1.165) is 50.1 Å². The van der Waals surface area contributed by atoms with E-state index in [1.807, 2.05) is 12.1 Å². The van der Waals surface area contributed by atoms with Crippen LogP contribution < -0.4 is 0 Å². The van der Waals surface area contributed by atoms with Gasteiger partial charge in [-0.15, -0.1) is 0 Å². The maximum absolute atomic E-state index is 5.33. The van der Waals surface area contributed by atoms with Crippen LogP contribution in [0.15, 0.2) is 115 Å². The molecule has 0 radical (unpaired) electrons. The van der Waals surface area contributed by atoms with Crippen molar-refractivity contribution in [3.63, 3.8) is 0 Å². The summed E-state index contributed by atoms with van der Waals surface area (Å²) in [6.07, 6.45) is 0. The molecule has 0 unspecified atom stereocenters. The average molecular weight is 476 g/mol. The summed E-state index contributed by atoms with van der Waals surface area (Å²) in [5, 5.41) is 1.05. The third-order valence-corrected chi connectivity index (χ3v) is 7.16. The fourth-order valence-electron chi connectivity index (χ4n) is 5.25. The number of aromatic nitrogens is 3. The number of aryl methyl sites for hydroxylation is 2. The van der Waals surface area contributed by atoms with Gasteiger partial charge >= 0.3 is 0 Å². The van der Waals surface area contributed by atoms with E-state index in [0.29, 0.717) is 0 Å². The standard InChI is InChI=1S/C34H25N3/c1-22-14-18-24(19-15-22)26-9-7-10-27(25-20-16-23(2)17-21-25)32(26)34-35-29-11-4-3-8-28(29)33-36-30-12-5-6-13-31(30)37(33)34/h3-21H,1-2H3. The number of nitrogens with zero attached hydrogens (tertiary/aromatic N) is 3. The van der Waals surface area contributed by atoms with Gasteiger partial charge in [0.05, 0.1) is 16.6 Å². The first kappa shape index (κ1) is 21.5. The SMILES string of the molecule is Cc1ccc(-c2cccc(-c3ccc(C)cc3)c2-c2nc3ccccc3c3nc4ccccc4n23)cc1. The van der Waals surface area contributed by atoms with E-state index in [-0.39, 0.29) is 0 Å². The Balaban J connectivity index is 1.67. The van der Waals surface area contributed by atoms with E-state index in [1.54, 1.807) is 0 Å². The number of hydrogen-bond acceptors (Lipinski definition) is 2. The van der Waals surface area contributed by atoms with Crippen molar-refractivity contribution < 1.29 is 0 Å². The van der Waals surface area contributed by atoms with Crippen molar-refractivity contribution in [1.29, 1.82) is 0 Å². The van der Waals surface area contributed by atoms with Gasteiger partial charge in [-0.2, -0.15) is 0 Å². The van der Waals surface area contributed by atoms with Crippen molar-refractivity contribution in [2.45, 2.75) is 13.8 Å². The molecule has 3 nitrogen and oxygen atoms in total. The van der Waals surface area contributed by atoms with Crippen LogP contribution in [0.2, 0.25) is 0 Å². The molecule has 0 saturated carbocycles. The Bertz CT molecular complexity index is 1860.